The number of hydrogen-bond acceptors (Lipinski definition) is 6. The van der Waals surface area contributed by atoms with Gasteiger partial charge in [0.05, 0.1) is 12.3 Å². The average Bonchev–Trinajstić information content (AvgIpc) is 2.94. The molecule has 0 radical (unpaired) electrons. The van der Waals surface area contributed by atoms with Gasteiger partial charge in [0.15, 0.2) is 0 Å². The summed E-state index contributed by atoms with van der Waals surface area (Å²) in [6.45, 7) is 6.05. The molecule has 2 aromatic rings. The third-order valence-corrected chi connectivity index (χ3v) is 3.63. The zero-order chi connectivity index (χ0) is 12.4. The van der Waals surface area contributed by atoms with E-state index in [0.717, 1.165) is 17.1 Å². The highest BCUT2D eigenvalue weighted by Crippen LogP contribution is 2.22. The van der Waals surface area contributed by atoms with Gasteiger partial charge < -0.3 is 5.11 Å². The number of nitrogens with zero attached hydrogens (tertiary/aromatic N) is 5. The molecule has 0 saturated carbocycles. The summed E-state index contributed by atoms with van der Waals surface area (Å²) < 4.78 is 1.66. The number of aliphatic hydroxyl groups is 1. The molecule has 0 aliphatic carbocycles. The summed E-state index contributed by atoms with van der Waals surface area (Å²) in [4.78, 5) is 0. The van der Waals surface area contributed by atoms with E-state index in [1.165, 1.54) is 11.3 Å². The maximum atomic E-state index is 9.15. The molecular weight excluding hydrogens is 238 g/mol. The highest BCUT2D eigenvalue weighted by Gasteiger charge is 2.16. The molecule has 0 bridgehead atoms. The van der Waals surface area contributed by atoms with Gasteiger partial charge in [-0.15, -0.1) is 15.3 Å². The van der Waals surface area contributed by atoms with E-state index in [-0.39, 0.29) is 6.61 Å². The van der Waals surface area contributed by atoms with Crippen molar-refractivity contribution >= 4 is 11.3 Å². The molecule has 6 nitrogen and oxygen atoms in total. The Bertz CT molecular complexity index is 505. The number of aliphatic hydroxyl groups excluding tert-OH is 1. The average molecular weight is 253 g/mol. The summed E-state index contributed by atoms with van der Waals surface area (Å²) in [5, 5.41) is 27.0. The third kappa shape index (κ3) is 2.20. The van der Waals surface area contributed by atoms with Gasteiger partial charge in [-0.3, -0.25) is 0 Å². The van der Waals surface area contributed by atoms with Gasteiger partial charge in [0.1, 0.15) is 10.7 Å². The Labute approximate surface area is 103 Å². The van der Waals surface area contributed by atoms with E-state index < -0.39 is 0 Å². The van der Waals surface area contributed by atoms with Crippen LogP contribution in [0, 0.1) is 0 Å². The molecule has 2 heterocycles. The van der Waals surface area contributed by atoms with Gasteiger partial charge in [0, 0.05) is 5.92 Å². The molecule has 17 heavy (non-hydrogen) atoms. The largest absolute Gasteiger partial charge is 0.390 e. The number of aromatic nitrogens is 5. The maximum absolute atomic E-state index is 9.15. The van der Waals surface area contributed by atoms with E-state index in [2.05, 4.69) is 34.4 Å². The Morgan fingerprint density at radius 2 is 2.06 bits per heavy atom. The molecule has 2 rings (SSSR count). The van der Waals surface area contributed by atoms with Gasteiger partial charge in [-0.25, -0.2) is 0 Å². The van der Waals surface area contributed by atoms with Gasteiger partial charge >= 0.3 is 0 Å². The molecule has 2 aromatic heterocycles. The Morgan fingerprint density at radius 3 is 2.59 bits per heavy atom. The van der Waals surface area contributed by atoms with Crippen LogP contribution in [0.25, 0.3) is 5.13 Å². The SMILES string of the molecule is CCc1c(CO)nnn1-c1nnc(C(C)C)s1. The van der Waals surface area contributed by atoms with Crippen LogP contribution in [0.15, 0.2) is 0 Å². The first-order valence-electron chi connectivity index (χ1n) is 5.55. The zero-order valence-corrected chi connectivity index (χ0v) is 10.9. The second-order valence-corrected chi connectivity index (χ2v) is 4.97. The molecule has 0 atom stereocenters. The quantitative estimate of drug-likeness (QED) is 0.888. The van der Waals surface area contributed by atoms with Crippen molar-refractivity contribution in [2.75, 3.05) is 0 Å². The molecule has 0 aliphatic rings. The van der Waals surface area contributed by atoms with Gasteiger partial charge in [-0.2, -0.15) is 4.68 Å². The van der Waals surface area contributed by atoms with E-state index in [1.54, 1.807) is 4.68 Å². The Hall–Kier alpha value is -1.34. The Balaban J connectivity index is 2.41. The second kappa shape index (κ2) is 4.89. The van der Waals surface area contributed by atoms with Crippen molar-refractivity contribution in [3.63, 3.8) is 0 Å². The molecular formula is C10H15N5OS. The molecule has 0 unspecified atom stereocenters. The lowest BCUT2D eigenvalue weighted by molar-refractivity contribution is 0.275. The van der Waals surface area contributed by atoms with E-state index in [4.69, 9.17) is 5.11 Å². The summed E-state index contributed by atoms with van der Waals surface area (Å²) in [6, 6.07) is 0. The maximum Gasteiger partial charge on any atom is 0.234 e. The molecule has 0 aliphatic heterocycles. The Morgan fingerprint density at radius 1 is 1.29 bits per heavy atom. The molecule has 0 spiro atoms. The van der Waals surface area contributed by atoms with Crippen molar-refractivity contribution in [1.29, 1.82) is 0 Å². The minimum absolute atomic E-state index is 0.0982. The second-order valence-electron chi connectivity index (χ2n) is 3.98. The lowest BCUT2D eigenvalue weighted by Gasteiger charge is -2.00. The molecule has 92 valence electrons. The Kier molecular flexibility index (Phi) is 3.49. The van der Waals surface area contributed by atoms with Crippen LogP contribution in [0.1, 0.15) is 43.1 Å². The number of hydrogen-bond donors (Lipinski definition) is 1. The van der Waals surface area contributed by atoms with Crippen LogP contribution in [-0.2, 0) is 13.0 Å². The molecule has 0 fully saturated rings. The number of rotatable bonds is 4. The van der Waals surface area contributed by atoms with Gasteiger partial charge in [0.25, 0.3) is 0 Å². The van der Waals surface area contributed by atoms with E-state index in [9.17, 15) is 0 Å². The first-order valence-corrected chi connectivity index (χ1v) is 6.37. The summed E-state index contributed by atoms with van der Waals surface area (Å²) >= 11 is 1.50. The lowest BCUT2D eigenvalue weighted by Crippen LogP contribution is -2.02. The van der Waals surface area contributed by atoms with Crippen LogP contribution in [0.3, 0.4) is 0 Å². The van der Waals surface area contributed by atoms with Crippen molar-refractivity contribution in [3.05, 3.63) is 16.4 Å². The molecule has 0 aromatic carbocycles. The monoisotopic (exact) mass is 253 g/mol. The summed E-state index contributed by atoms with van der Waals surface area (Å²) in [5.74, 6) is 0.354. The predicted molar refractivity (Wildman–Crippen MR) is 64.2 cm³/mol. The molecule has 0 saturated heterocycles. The molecule has 0 amide bonds. The van der Waals surface area contributed by atoms with E-state index in [1.807, 2.05) is 6.92 Å². The van der Waals surface area contributed by atoms with Crippen molar-refractivity contribution in [2.24, 2.45) is 0 Å². The van der Waals surface area contributed by atoms with Crippen molar-refractivity contribution in [1.82, 2.24) is 25.2 Å². The van der Waals surface area contributed by atoms with Gasteiger partial charge in [-0.1, -0.05) is 37.3 Å². The predicted octanol–water partition coefficient (Wildman–Crippen LogP) is 1.30. The first kappa shape index (κ1) is 12.1. The lowest BCUT2D eigenvalue weighted by atomic mass is 10.2. The molecule has 7 heteroatoms. The van der Waals surface area contributed by atoms with Crippen LogP contribution in [0.4, 0.5) is 0 Å². The fourth-order valence-electron chi connectivity index (χ4n) is 1.51. The van der Waals surface area contributed by atoms with Crippen LogP contribution < -0.4 is 0 Å². The van der Waals surface area contributed by atoms with Crippen LogP contribution >= 0.6 is 11.3 Å². The topological polar surface area (TPSA) is 76.7 Å². The highest BCUT2D eigenvalue weighted by atomic mass is 32.1. The summed E-state index contributed by atoms with van der Waals surface area (Å²) in [5.41, 5.74) is 1.49. The van der Waals surface area contributed by atoms with Crippen LogP contribution in [0.2, 0.25) is 0 Å². The van der Waals surface area contributed by atoms with E-state index >= 15 is 0 Å². The van der Waals surface area contributed by atoms with Crippen LogP contribution in [-0.4, -0.2) is 30.3 Å². The molecule has 1 N–H and O–H groups in total. The van der Waals surface area contributed by atoms with Crippen LogP contribution in [0.5, 0.6) is 0 Å². The van der Waals surface area contributed by atoms with Crippen molar-refractivity contribution in [3.8, 4) is 5.13 Å². The first-order chi connectivity index (χ1) is 8.17. The summed E-state index contributed by atoms with van der Waals surface area (Å²) in [7, 11) is 0. The summed E-state index contributed by atoms with van der Waals surface area (Å²) in [6.07, 6.45) is 0.749. The van der Waals surface area contributed by atoms with Gasteiger partial charge in [-0.05, 0) is 6.42 Å². The smallest absolute Gasteiger partial charge is 0.234 e. The fourth-order valence-corrected chi connectivity index (χ4v) is 2.33. The van der Waals surface area contributed by atoms with Gasteiger partial charge in [0.2, 0.25) is 5.13 Å². The van der Waals surface area contributed by atoms with E-state index in [0.29, 0.717) is 16.7 Å². The van der Waals surface area contributed by atoms with Crippen molar-refractivity contribution < 1.29 is 5.11 Å². The highest BCUT2D eigenvalue weighted by molar-refractivity contribution is 7.13. The fraction of sp³-hybridized carbons (Fsp3) is 0.600. The standard InChI is InChI=1S/C10H15N5OS/c1-4-8-7(5-16)11-14-15(8)10-13-12-9(17-10)6(2)3/h6,16H,4-5H2,1-3H3. The minimum Gasteiger partial charge on any atom is -0.390 e. The normalized spacial score (nSPS) is 11.4. The zero-order valence-electron chi connectivity index (χ0n) is 10.1. The minimum atomic E-state index is -0.0982. The van der Waals surface area contributed by atoms with Crippen molar-refractivity contribution in [2.45, 2.75) is 39.7 Å². The third-order valence-electron chi connectivity index (χ3n) is 2.43.